The average Bonchev–Trinajstić information content (AvgIpc) is 3.18. The van der Waals surface area contributed by atoms with Crippen LogP contribution in [0.1, 0.15) is 61.3 Å². The number of benzene rings is 1. The van der Waals surface area contributed by atoms with Crippen LogP contribution in [-0.2, 0) is 11.2 Å². The molecule has 204 valence electrons. The molecule has 1 fully saturated rings. The van der Waals surface area contributed by atoms with E-state index in [4.69, 9.17) is 27.9 Å². The number of rotatable bonds is 5. The molecule has 3 aromatic rings. The highest BCUT2D eigenvalue weighted by Gasteiger charge is 2.49. The number of anilines is 1. The smallest absolute Gasteiger partial charge is 0.408 e. The second-order valence-electron chi connectivity index (χ2n) is 10.9. The van der Waals surface area contributed by atoms with Gasteiger partial charge in [0.25, 0.3) is 0 Å². The zero-order valence-corrected chi connectivity index (χ0v) is 24.2. The van der Waals surface area contributed by atoms with Gasteiger partial charge in [0, 0.05) is 29.6 Å². The summed E-state index contributed by atoms with van der Waals surface area (Å²) < 4.78 is 5.60. The molecule has 2 aromatic heterocycles. The number of hydrogen-bond acceptors (Lipinski definition) is 8. The molecule has 1 aliphatic heterocycles. The molecule has 1 spiro atoms. The van der Waals surface area contributed by atoms with E-state index in [2.05, 4.69) is 37.3 Å². The molecule has 8 nitrogen and oxygen atoms in total. The van der Waals surface area contributed by atoms with Crippen LogP contribution in [0.25, 0.3) is 0 Å². The Hall–Kier alpha value is -2.88. The van der Waals surface area contributed by atoms with E-state index in [9.17, 15) is 9.59 Å². The van der Waals surface area contributed by atoms with Crippen molar-refractivity contribution < 1.29 is 14.3 Å². The molecular formula is C28H29Cl2N5O3S. The number of ether oxygens (including phenoxy) is 1. The predicted molar refractivity (Wildman–Crippen MR) is 152 cm³/mol. The summed E-state index contributed by atoms with van der Waals surface area (Å²) in [6, 6.07) is 9.85. The molecular weight excluding hydrogens is 557 g/mol. The van der Waals surface area contributed by atoms with Crippen LogP contribution in [0.15, 0.2) is 52.6 Å². The van der Waals surface area contributed by atoms with Gasteiger partial charge in [-0.1, -0.05) is 59.2 Å². The highest BCUT2D eigenvalue weighted by atomic mass is 35.5. The number of nitrogens with zero attached hydrogens (tertiary/aromatic N) is 4. The summed E-state index contributed by atoms with van der Waals surface area (Å²) in [6.45, 7) is 6.93. The van der Waals surface area contributed by atoms with Crippen molar-refractivity contribution in [3.63, 3.8) is 0 Å². The predicted octanol–water partition coefficient (Wildman–Crippen LogP) is 6.55. The van der Waals surface area contributed by atoms with E-state index < -0.39 is 11.7 Å². The fourth-order valence-electron chi connectivity index (χ4n) is 5.42. The third-order valence-corrected chi connectivity index (χ3v) is 8.98. The van der Waals surface area contributed by atoms with Crippen LogP contribution >= 0.6 is 35.0 Å². The largest absolute Gasteiger partial charge is 0.444 e. The number of nitrogens with one attached hydrogen (secondary N) is 1. The van der Waals surface area contributed by atoms with Gasteiger partial charge in [-0.2, -0.15) is 0 Å². The van der Waals surface area contributed by atoms with Crippen LogP contribution in [0.2, 0.25) is 10.2 Å². The Morgan fingerprint density at radius 2 is 1.92 bits per heavy atom. The number of piperidine rings is 1. The number of halogens is 2. The lowest BCUT2D eigenvalue weighted by Gasteiger charge is -2.44. The zero-order valence-electron chi connectivity index (χ0n) is 21.9. The van der Waals surface area contributed by atoms with Gasteiger partial charge in [0.05, 0.1) is 17.3 Å². The summed E-state index contributed by atoms with van der Waals surface area (Å²) in [7, 11) is 0. The first kappa shape index (κ1) is 27.7. The van der Waals surface area contributed by atoms with E-state index in [-0.39, 0.29) is 22.3 Å². The van der Waals surface area contributed by atoms with Crippen molar-refractivity contribution in [2.75, 3.05) is 18.0 Å². The quantitative estimate of drug-likeness (QED) is 0.266. The van der Waals surface area contributed by atoms with Crippen molar-refractivity contribution in [1.29, 1.82) is 0 Å². The second-order valence-corrected chi connectivity index (χ2v) is 12.7. The van der Waals surface area contributed by atoms with Crippen LogP contribution in [-0.4, -0.2) is 46.0 Å². The molecule has 0 radical (unpaired) electrons. The summed E-state index contributed by atoms with van der Waals surface area (Å²) >= 11 is 13.6. The third-order valence-electron chi connectivity index (χ3n) is 7.14. The number of carbonyl (C=O) groups excluding carboxylic acids is 2. The van der Waals surface area contributed by atoms with Gasteiger partial charge in [-0.15, -0.1) is 0 Å². The number of aromatic nitrogens is 3. The van der Waals surface area contributed by atoms with Crippen molar-refractivity contribution >= 4 is 53.2 Å². The van der Waals surface area contributed by atoms with Crippen molar-refractivity contribution in [1.82, 2.24) is 20.3 Å². The average molecular weight is 587 g/mol. The fourth-order valence-corrected chi connectivity index (χ4v) is 6.65. The first-order valence-electron chi connectivity index (χ1n) is 12.7. The Bertz CT molecular complexity index is 1410. The molecule has 1 atom stereocenters. The summed E-state index contributed by atoms with van der Waals surface area (Å²) in [5.41, 5.74) is 1.92. The van der Waals surface area contributed by atoms with E-state index in [1.54, 1.807) is 18.5 Å². The zero-order chi connectivity index (χ0) is 27.8. The first-order chi connectivity index (χ1) is 18.6. The Kier molecular flexibility index (Phi) is 7.77. The topological polar surface area (TPSA) is 97.3 Å². The van der Waals surface area contributed by atoms with Crippen molar-refractivity contribution in [3.05, 3.63) is 69.7 Å². The van der Waals surface area contributed by atoms with E-state index in [0.29, 0.717) is 33.9 Å². The van der Waals surface area contributed by atoms with E-state index >= 15 is 0 Å². The molecule has 39 heavy (non-hydrogen) atoms. The number of alkyl carbamates (subject to hydrolysis) is 1. The maximum absolute atomic E-state index is 12.8. The molecule has 1 N–H and O–H groups in total. The van der Waals surface area contributed by atoms with Gasteiger partial charge in [-0.05, 0) is 57.2 Å². The van der Waals surface area contributed by atoms with Gasteiger partial charge in [-0.25, -0.2) is 19.7 Å². The van der Waals surface area contributed by atoms with Gasteiger partial charge >= 0.3 is 6.09 Å². The Labute approximate surface area is 241 Å². The molecule has 11 heteroatoms. The fraction of sp³-hybridized carbons (Fsp3) is 0.393. The van der Waals surface area contributed by atoms with Crippen molar-refractivity contribution in [2.45, 2.75) is 61.6 Å². The summed E-state index contributed by atoms with van der Waals surface area (Å²) in [6.07, 6.45) is 6.01. The molecule has 0 unspecified atom stereocenters. The summed E-state index contributed by atoms with van der Waals surface area (Å²) in [5.74, 6) is 0.551. The van der Waals surface area contributed by atoms with Crippen LogP contribution < -0.4 is 10.2 Å². The maximum atomic E-state index is 12.8. The monoisotopic (exact) mass is 585 g/mol. The molecule has 1 aromatic carbocycles. The lowest BCUT2D eigenvalue weighted by molar-refractivity contribution is 0.0427. The van der Waals surface area contributed by atoms with Crippen LogP contribution in [0, 0.1) is 5.41 Å². The highest BCUT2D eigenvalue weighted by Crippen LogP contribution is 2.52. The highest BCUT2D eigenvalue weighted by molar-refractivity contribution is 7.99. The maximum Gasteiger partial charge on any atom is 0.408 e. The standard InChI is InChI=1S/C28H29Cl2N5O3S/c1-27(2,3)38-26(37)34-23-18-7-5-4-6-17(18)14-28(23)9-12-35(13-10-28)25-19(16-36)33-21(15-32-25)39-20-8-11-31-24(30)22(20)29/h4-8,11,15-16,23H,9-10,12-14H2,1-3H3,(H,34,37)/t23-/m1/s1. The number of pyridine rings is 1. The van der Waals surface area contributed by atoms with Crippen molar-refractivity contribution in [2.24, 2.45) is 5.41 Å². The molecule has 1 aliphatic carbocycles. The summed E-state index contributed by atoms with van der Waals surface area (Å²) in [5, 5.41) is 4.25. The molecule has 5 rings (SSSR count). The molecule has 0 bridgehead atoms. The van der Waals surface area contributed by atoms with Crippen LogP contribution in [0.5, 0.6) is 0 Å². The third kappa shape index (κ3) is 5.85. The second kappa shape index (κ2) is 10.9. The number of aldehydes is 1. The van der Waals surface area contributed by atoms with Gasteiger partial charge < -0.3 is 15.0 Å². The minimum absolute atomic E-state index is 0.154. The van der Waals surface area contributed by atoms with E-state index in [0.717, 1.165) is 31.1 Å². The number of hydrogen-bond donors (Lipinski definition) is 1. The Balaban J connectivity index is 1.34. The van der Waals surface area contributed by atoms with Crippen molar-refractivity contribution in [3.8, 4) is 0 Å². The SMILES string of the molecule is CC(C)(C)OC(=O)N[C@@H]1c2ccccc2CC12CCN(c1ncc(Sc3ccnc(Cl)c3Cl)nc1C=O)CC2. The molecule has 1 saturated heterocycles. The lowest BCUT2D eigenvalue weighted by Crippen LogP contribution is -2.48. The van der Waals surface area contributed by atoms with Gasteiger partial charge in [0.2, 0.25) is 0 Å². The number of fused-ring (bicyclic) bond motifs is 1. The first-order valence-corrected chi connectivity index (χ1v) is 14.3. The minimum Gasteiger partial charge on any atom is -0.444 e. The number of amides is 1. The Morgan fingerprint density at radius 1 is 1.18 bits per heavy atom. The van der Waals surface area contributed by atoms with Crippen LogP contribution in [0.3, 0.4) is 0 Å². The molecule has 2 aliphatic rings. The van der Waals surface area contributed by atoms with Crippen LogP contribution in [0.4, 0.5) is 10.6 Å². The van der Waals surface area contributed by atoms with Gasteiger partial charge in [0.15, 0.2) is 12.1 Å². The molecule has 3 heterocycles. The Morgan fingerprint density at radius 3 is 2.64 bits per heavy atom. The lowest BCUT2D eigenvalue weighted by atomic mass is 9.72. The van der Waals surface area contributed by atoms with Gasteiger partial charge in [0.1, 0.15) is 21.5 Å². The molecule has 0 saturated carbocycles. The minimum atomic E-state index is -0.581. The normalized spacial score (nSPS) is 18.1. The van der Waals surface area contributed by atoms with E-state index in [1.807, 2.05) is 32.9 Å². The summed E-state index contributed by atoms with van der Waals surface area (Å²) in [4.78, 5) is 40.7. The molecule has 1 amide bonds. The number of carbonyl (C=O) groups is 2. The van der Waals surface area contributed by atoms with Gasteiger partial charge in [-0.3, -0.25) is 4.79 Å². The van der Waals surface area contributed by atoms with E-state index in [1.165, 1.54) is 17.3 Å².